The van der Waals surface area contributed by atoms with Gasteiger partial charge in [-0.25, -0.2) is 4.79 Å². The van der Waals surface area contributed by atoms with Gasteiger partial charge in [0, 0.05) is 11.1 Å². The maximum Gasteiger partial charge on any atom is 0.349 e. The molecule has 0 radical (unpaired) electrons. The first-order chi connectivity index (χ1) is 12.4. The van der Waals surface area contributed by atoms with E-state index in [1.165, 1.54) is 0 Å². The van der Waals surface area contributed by atoms with E-state index < -0.39 is 12.1 Å². The Kier molecular flexibility index (Phi) is 5.55. The fourth-order valence-corrected chi connectivity index (χ4v) is 3.40. The number of halogens is 1. The number of benzene rings is 2. The lowest BCUT2D eigenvalue weighted by Crippen LogP contribution is -2.20. The van der Waals surface area contributed by atoms with Crippen molar-refractivity contribution in [3.05, 3.63) is 92.1 Å². The van der Waals surface area contributed by atoms with Gasteiger partial charge in [0.25, 0.3) is 0 Å². The molecule has 1 heterocycles. The second-order valence-electron chi connectivity index (χ2n) is 6.03. The molecule has 0 unspecified atom stereocenters. The number of ether oxygens (including phenoxy) is 1. The number of rotatable bonds is 5. The minimum absolute atomic E-state index is 0.259. The lowest BCUT2D eigenvalue weighted by Gasteiger charge is -2.17. The SMILES string of the molecule is Cc1ccc(C(=O)[C@@H](OC(=O)c2ccc(Cl)s2)c2ccc(C)cc2)cc1. The predicted molar refractivity (Wildman–Crippen MR) is 104 cm³/mol. The number of Topliss-reactive ketones (excluding diaryl/α,β-unsaturated/α-hetero) is 1. The van der Waals surface area contributed by atoms with Crippen molar-refractivity contribution in [2.75, 3.05) is 0 Å². The lowest BCUT2D eigenvalue weighted by molar-refractivity contribution is 0.0285. The van der Waals surface area contributed by atoms with Crippen molar-refractivity contribution in [2.24, 2.45) is 0 Å². The molecule has 3 nitrogen and oxygen atoms in total. The van der Waals surface area contributed by atoms with E-state index in [1.54, 1.807) is 36.4 Å². The number of hydrogen-bond acceptors (Lipinski definition) is 4. The second-order valence-corrected chi connectivity index (χ2v) is 7.75. The average Bonchev–Trinajstić information content (AvgIpc) is 3.07. The zero-order valence-corrected chi connectivity index (χ0v) is 15.9. The van der Waals surface area contributed by atoms with Crippen LogP contribution in [0.1, 0.15) is 42.8 Å². The molecule has 132 valence electrons. The molecule has 0 saturated heterocycles. The number of esters is 1. The van der Waals surface area contributed by atoms with E-state index in [0.717, 1.165) is 22.5 Å². The summed E-state index contributed by atoms with van der Waals surface area (Å²) in [5.74, 6) is -0.821. The molecule has 0 bridgehead atoms. The number of carbonyl (C=O) groups is 2. The number of carbonyl (C=O) groups excluding carboxylic acids is 2. The van der Waals surface area contributed by atoms with E-state index >= 15 is 0 Å². The van der Waals surface area contributed by atoms with E-state index in [-0.39, 0.29) is 5.78 Å². The van der Waals surface area contributed by atoms with Crippen molar-refractivity contribution in [3.8, 4) is 0 Å². The van der Waals surface area contributed by atoms with Gasteiger partial charge < -0.3 is 4.74 Å². The topological polar surface area (TPSA) is 43.4 Å². The van der Waals surface area contributed by atoms with Crippen LogP contribution in [0.2, 0.25) is 4.34 Å². The van der Waals surface area contributed by atoms with E-state index in [1.807, 2.05) is 38.1 Å². The van der Waals surface area contributed by atoms with Crippen LogP contribution in [0.4, 0.5) is 0 Å². The van der Waals surface area contributed by atoms with Crippen LogP contribution in [-0.4, -0.2) is 11.8 Å². The standard InChI is InChI=1S/C21H17ClO3S/c1-13-3-7-15(8-4-13)19(23)20(16-9-5-14(2)6-10-16)25-21(24)17-11-12-18(22)26-17/h3-12,20H,1-2H3/t20-/m0/s1. The Morgan fingerprint density at radius 1 is 0.885 bits per heavy atom. The van der Waals surface area contributed by atoms with Gasteiger partial charge in [-0.1, -0.05) is 71.3 Å². The number of aryl methyl sites for hydroxylation is 2. The zero-order chi connectivity index (χ0) is 18.7. The fraction of sp³-hybridized carbons (Fsp3) is 0.143. The molecular weight excluding hydrogens is 368 g/mol. The molecule has 0 aliphatic carbocycles. The molecule has 3 rings (SSSR count). The summed E-state index contributed by atoms with van der Waals surface area (Å²) in [5, 5.41) is 0. The van der Waals surface area contributed by atoms with Crippen molar-refractivity contribution in [2.45, 2.75) is 20.0 Å². The third-order valence-corrected chi connectivity index (χ3v) is 5.16. The first kappa shape index (κ1) is 18.4. The molecule has 0 amide bonds. The highest BCUT2D eigenvalue weighted by Gasteiger charge is 2.27. The molecule has 26 heavy (non-hydrogen) atoms. The smallest absolute Gasteiger partial charge is 0.349 e. The van der Waals surface area contributed by atoms with Gasteiger partial charge in [0.05, 0.1) is 4.34 Å². The average molecular weight is 385 g/mol. The van der Waals surface area contributed by atoms with E-state index in [4.69, 9.17) is 16.3 Å². The highest BCUT2D eigenvalue weighted by molar-refractivity contribution is 7.17. The van der Waals surface area contributed by atoms with Gasteiger partial charge in [0.2, 0.25) is 5.78 Å². The highest BCUT2D eigenvalue weighted by atomic mass is 35.5. The van der Waals surface area contributed by atoms with E-state index in [9.17, 15) is 9.59 Å². The third kappa shape index (κ3) is 4.21. The Labute approximate surface area is 161 Å². The number of thiophene rings is 1. The molecule has 1 aromatic heterocycles. The molecule has 0 N–H and O–H groups in total. The molecule has 0 spiro atoms. The van der Waals surface area contributed by atoms with Crippen LogP contribution in [0.25, 0.3) is 0 Å². The second kappa shape index (κ2) is 7.85. The molecule has 0 saturated carbocycles. The van der Waals surface area contributed by atoms with Crippen LogP contribution >= 0.6 is 22.9 Å². The summed E-state index contributed by atoms with van der Waals surface area (Å²) in [7, 11) is 0. The molecule has 0 aliphatic rings. The zero-order valence-electron chi connectivity index (χ0n) is 14.4. The fourth-order valence-electron chi connectivity index (χ4n) is 2.47. The summed E-state index contributed by atoms with van der Waals surface area (Å²) < 4.78 is 6.08. The Balaban J connectivity index is 1.93. The number of ketones is 1. The van der Waals surface area contributed by atoms with Crippen molar-refractivity contribution in [3.63, 3.8) is 0 Å². The van der Waals surface area contributed by atoms with E-state index in [2.05, 4.69) is 0 Å². The minimum Gasteiger partial charge on any atom is -0.445 e. The number of hydrogen-bond donors (Lipinski definition) is 0. The minimum atomic E-state index is -1.01. The summed E-state index contributed by atoms with van der Waals surface area (Å²) in [5.41, 5.74) is 3.25. The van der Waals surface area contributed by atoms with Crippen molar-refractivity contribution in [1.29, 1.82) is 0 Å². The summed E-state index contributed by atoms with van der Waals surface area (Å²) >= 11 is 7.02. The van der Waals surface area contributed by atoms with Gasteiger partial charge in [-0.05, 0) is 26.0 Å². The summed E-state index contributed by atoms with van der Waals surface area (Å²) in [6.07, 6.45) is -1.01. The van der Waals surface area contributed by atoms with Crippen molar-refractivity contribution >= 4 is 34.7 Å². The molecule has 3 aromatic rings. The highest BCUT2D eigenvalue weighted by Crippen LogP contribution is 2.28. The third-order valence-electron chi connectivity index (χ3n) is 3.95. The van der Waals surface area contributed by atoms with E-state index in [0.29, 0.717) is 20.3 Å². The quantitative estimate of drug-likeness (QED) is 0.412. The van der Waals surface area contributed by atoms with Crippen molar-refractivity contribution < 1.29 is 14.3 Å². The maximum atomic E-state index is 13.0. The normalized spacial score (nSPS) is 11.8. The monoisotopic (exact) mass is 384 g/mol. The van der Waals surface area contributed by atoms with Gasteiger partial charge in [0.1, 0.15) is 4.88 Å². The predicted octanol–water partition coefficient (Wildman–Crippen LogP) is 5.80. The molecule has 5 heteroatoms. The Bertz CT molecular complexity index is 927. The Morgan fingerprint density at radius 3 is 2.00 bits per heavy atom. The molecule has 0 aliphatic heterocycles. The van der Waals surface area contributed by atoms with Crippen LogP contribution in [0.15, 0.2) is 60.7 Å². The summed E-state index contributed by atoms with van der Waals surface area (Å²) in [6.45, 7) is 3.91. The van der Waals surface area contributed by atoms with Gasteiger partial charge in [-0.15, -0.1) is 11.3 Å². The lowest BCUT2D eigenvalue weighted by atomic mass is 9.98. The van der Waals surface area contributed by atoms with Gasteiger partial charge in [-0.3, -0.25) is 4.79 Å². The largest absolute Gasteiger partial charge is 0.445 e. The van der Waals surface area contributed by atoms with Crippen LogP contribution in [0, 0.1) is 13.8 Å². The summed E-state index contributed by atoms with van der Waals surface area (Å²) in [6, 6.07) is 17.8. The van der Waals surface area contributed by atoms with Crippen LogP contribution in [-0.2, 0) is 4.74 Å². The Morgan fingerprint density at radius 2 is 1.46 bits per heavy atom. The molecule has 1 atom stereocenters. The van der Waals surface area contributed by atoms with Gasteiger partial charge >= 0.3 is 5.97 Å². The van der Waals surface area contributed by atoms with Crippen LogP contribution in [0.3, 0.4) is 0 Å². The Hall–Kier alpha value is -2.43. The molecule has 2 aromatic carbocycles. The molecular formula is C21H17ClO3S. The van der Waals surface area contributed by atoms with Gasteiger partial charge in [0.15, 0.2) is 6.10 Å². The van der Waals surface area contributed by atoms with Crippen LogP contribution in [0.5, 0.6) is 0 Å². The summed E-state index contributed by atoms with van der Waals surface area (Å²) in [4.78, 5) is 25.9. The van der Waals surface area contributed by atoms with Crippen molar-refractivity contribution in [1.82, 2.24) is 0 Å². The van der Waals surface area contributed by atoms with Gasteiger partial charge in [-0.2, -0.15) is 0 Å². The first-order valence-corrected chi connectivity index (χ1v) is 9.27. The molecule has 0 fully saturated rings. The maximum absolute atomic E-state index is 13.0. The first-order valence-electron chi connectivity index (χ1n) is 8.08. The van der Waals surface area contributed by atoms with Crippen LogP contribution < -0.4 is 0 Å².